The number of hydrogen-bond donors (Lipinski definition) is 2. The summed E-state index contributed by atoms with van der Waals surface area (Å²) < 4.78 is 13.3. The fraction of sp³-hybridized carbons (Fsp3) is 0.500. The zero-order valence-corrected chi connectivity index (χ0v) is 10.2. The zero-order chi connectivity index (χ0) is 13.5. The summed E-state index contributed by atoms with van der Waals surface area (Å²) in [5.41, 5.74) is 0.154. The van der Waals surface area contributed by atoms with Crippen LogP contribution < -0.4 is 5.32 Å². The molecule has 0 saturated carbocycles. The normalized spacial score (nSPS) is 12.4. The molecule has 100 valence electrons. The van der Waals surface area contributed by atoms with Crippen LogP contribution in [0.3, 0.4) is 0 Å². The van der Waals surface area contributed by atoms with E-state index in [1.165, 1.54) is 18.2 Å². The van der Waals surface area contributed by atoms with Crippen LogP contribution in [-0.4, -0.2) is 22.7 Å². The number of rotatable bonds is 7. The summed E-state index contributed by atoms with van der Waals surface area (Å²) in [4.78, 5) is 9.70. The molecule has 1 atom stereocenters. The third kappa shape index (κ3) is 4.38. The lowest BCUT2D eigenvalue weighted by Gasteiger charge is -2.13. The van der Waals surface area contributed by atoms with Gasteiger partial charge in [-0.1, -0.05) is 6.07 Å². The molecule has 0 spiro atoms. The largest absolute Gasteiger partial charge is 0.396 e. The van der Waals surface area contributed by atoms with E-state index in [2.05, 4.69) is 5.32 Å². The van der Waals surface area contributed by atoms with Crippen LogP contribution in [-0.2, 0) is 6.54 Å². The van der Waals surface area contributed by atoms with Gasteiger partial charge in [-0.25, -0.2) is 0 Å². The van der Waals surface area contributed by atoms with Gasteiger partial charge in [0.15, 0.2) is 0 Å². The van der Waals surface area contributed by atoms with E-state index < -0.39 is 16.4 Å². The Balaban J connectivity index is 2.53. The first-order chi connectivity index (χ1) is 8.54. The lowest BCUT2D eigenvalue weighted by Crippen LogP contribution is -2.25. The molecule has 2 N–H and O–H groups in total. The first-order valence-corrected chi connectivity index (χ1v) is 5.81. The van der Waals surface area contributed by atoms with Crippen LogP contribution in [0, 0.1) is 15.9 Å². The second-order valence-electron chi connectivity index (χ2n) is 4.19. The molecule has 1 rings (SSSR count). The molecule has 1 aromatic carbocycles. The van der Waals surface area contributed by atoms with Crippen molar-refractivity contribution in [3.05, 3.63) is 39.7 Å². The molecule has 6 heteroatoms. The second kappa shape index (κ2) is 7.03. The Bertz CT molecular complexity index is 412. The first kappa shape index (κ1) is 14.5. The average molecular weight is 256 g/mol. The highest BCUT2D eigenvalue weighted by molar-refractivity contribution is 5.34. The maximum atomic E-state index is 13.3. The van der Waals surface area contributed by atoms with Gasteiger partial charge in [-0.15, -0.1) is 0 Å². The third-order valence-corrected chi connectivity index (χ3v) is 2.66. The number of nitrogens with zero attached hydrogens (tertiary/aromatic N) is 1. The van der Waals surface area contributed by atoms with Gasteiger partial charge in [0.05, 0.1) is 4.92 Å². The average Bonchev–Trinajstić information content (AvgIpc) is 2.33. The van der Waals surface area contributed by atoms with Gasteiger partial charge < -0.3 is 10.4 Å². The molecule has 0 aliphatic carbocycles. The van der Waals surface area contributed by atoms with E-state index in [9.17, 15) is 14.5 Å². The maximum absolute atomic E-state index is 13.3. The standard InChI is InChI=1S/C12H17FN2O3/c1-9(3-2-6-16)14-8-10-4-5-12(15(17)18)11(13)7-10/h4-5,7,9,14,16H,2-3,6,8H2,1H3. The van der Waals surface area contributed by atoms with Gasteiger partial charge in [0.2, 0.25) is 5.82 Å². The van der Waals surface area contributed by atoms with Crippen LogP contribution in [0.25, 0.3) is 0 Å². The Morgan fingerprint density at radius 3 is 2.83 bits per heavy atom. The van der Waals surface area contributed by atoms with Crippen molar-refractivity contribution in [3.63, 3.8) is 0 Å². The van der Waals surface area contributed by atoms with Gasteiger partial charge >= 0.3 is 5.69 Å². The van der Waals surface area contributed by atoms with Crippen molar-refractivity contribution in [1.82, 2.24) is 5.32 Å². The van der Waals surface area contributed by atoms with Gasteiger partial charge in [-0.2, -0.15) is 4.39 Å². The minimum Gasteiger partial charge on any atom is -0.396 e. The fourth-order valence-electron chi connectivity index (χ4n) is 1.60. The molecule has 18 heavy (non-hydrogen) atoms. The minimum absolute atomic E-state index is 0.151. The first-order valence-electron chi connectivity index (χ1n) is 5.81. The Morgan fingerprint density at radius 2 is 2.28 bits per heavy atom. The van der Waals surface area contributed by atoms with Crippen LogP contribution in [0.1, 0.15) is 25.3 Å². The summed E-state index contributed by atoms with van der Waals surface area (Å²) in [6.45, 7) is 2.57. The second-order valence-corrected chi connectivity index (χ2v) is 4.19. The Morgan fingerprint density at radius 1 is 1.56 bits per heavy atom. The van der Waals surface area contributed by atoms with E-state index in [1.54, 1.807) is 0 Å². The number of nitro benzene ring substituents is 1. The molecule has 0 amide bonds. The van der Waals surface area contributed by atoms with E-state index in [0.717, 1.165) is 6.42 Å². The van der Waals surface area contributed by atoms with Crippen molar-refractivity contribution < 1.29 is 14.4 Å². The zero-order valence-electron chi connectivity index (χ0n) is 10.2. The van der Waals surface area contributed by atoms with E-state index in [-0.39, 0.29) is 12.6 Å². The molecule has 0 aliphatic heterocycles. The quantitative estimate of drug-likeness (QED) is 0.578. The molecule has 0 radical (unpaired) electrons. The van der Waals surface area contributed by atoms with E-state index in [1.807, 2.05) is 6.92 Å². The summed E-state index contributed by atoms with van der Waals surface area (Å²) in [5, 5.41) is 22.3. The number of aliphatic hydroxyl groups excluding tert-OH is 1. The van der Waals surface area contributed by atoms with Crippen molar-refractivity contribution in [2.75, 3.05) is 6.61 Å². The summed E-state index contributed by atoms with van der Waals surface area (Å²) in [5.74, 6) is -0.817. The van der Waals surface area contributed by atoms with Crippen LogP contribution in [0.5, 0.6) is 0 Å². The lowest BCUT2D eigenvalue weighted by atomic mass is 10.1. The van der Waals surface area contributed by atoms with Crippen molar-refractivity contribution in [2.24, 2.45) is 0 Å². The van der Waals surface area contributed by atoms with Crippen LogP contribution in [0.4, 0.5) is 10.1 Å². The number of nitro groups is 1. The highest BCUT2D eigenvalue weighted by Gasteiger charge is 2.13. The number of benzene rings is 1. The number of nitrogens with one attached hydrogen (secondary N) is 1. The molecule has 0 aromatic heterocycles. The van der Waals surface area contributed by atoms with Crippen LogP contribution >= 0.6 is 0 Å². The molecule has 0 fully saturated rings. The van der Waals surface area contributed by atoms with E-state index in [4.69, 9.17) is 5.11 Å². The molecular formula is C12H17FN2O3. The SMILES string of the molecule is CC(CCCO)NCc1ccc([N+](=O)[O-])c(F)c1. The highest BCUT2D eigenvalue weighted by Crippen LogP contribution is 2.17. The molecule has 1 unspecified atom stereocenters. The van der Waals surface area contributed by atoms with Gasteiger partial charge in [-0.3, -0.25) is 10.1 Å². The van der Waals surface area contributed by atoms with Gasteiger partial charge in [0.1, 0.15) is 0 Å². The van der Waals surface area contributed by atoms with Crippen molar-refractivity contribution in [2.45, 2.75) is 32.4 Å². The Kier molecular flexibility index (Phi) is 5.67. The molecule has 0 aliphatic rings. The van der Waals surface area contributed by atoms with Crippen molar-refractivity contribution >= 4 is 5.69 Å². The predicted octanol–water partition coefficient (Wildman–Crippen LogP) is 1.98. The highest BCUT2D eigenvalue weighted by atomic mass is 19.1. The molecule has 5 nitrogen and oxygen atoms in total. The Labute approximate surface area is 105 Å². The maximum Gasteiger partial charge on any atom is 0.304 e. The minimum atomic E-state index is -0.817. The number of aliphatic hydroxyl groups is 1. The van der Waals surface area contributed by atoms with Gasteiger partial charge in [0.25, 0.3) is 0 Å². The smallest absolute Gasteiger partial charge is 0.304 e. The summed E-state index contributed by atoms with van der Waals surface area (Å²) in [7, 11) is 0. The monoisotopic (exact) mass is 256 g/mol. The fourth-order valence-corrected chi connectivity index (χ4v) is 1.60. The number of halogens is 1. The number of hydrogen-bond acceptors (Lipinski definition) is 4. The van der Waals surface area contributed by atoms with E-state index >= 15 is 0 Å². The third-order valence-electron chi connectivity index (χ3n) is 2.66. The summed E-state index contributed by atoms with van der Waals surface area (Å²) >= 11 is 0. The summed E-state index contributed by atoms with van der Waals surface area (Å²) in [6.07, 6.45) is 1.54. The van der Waals surface area contributed by atoms with Crippen molar-refractivity contribution in [1.29, 1.82) is 0 Å². The molecule has 0 saturated heterocycles. The Hall–Kier alpha value is -1.53. The van der Waals surface area contributed by atoms with Crippen molar-refractivity contribution in [3.8, 4) is 0 Å². The lowest BCUT2D eigenvalue weighted by molar-refractivity contribution is -0.387. The molecule has 1 aromatic rings. The topological polar surface area (TPSA) is 75.4 Å². The van der Waals surface area contributed by atoms with Crippen LogP contribution in [0.2, 0.25) is 0 Å². The molecule has 0 heterocycles. The van der Waals surface area contributed by atoms with Gasteiger partial charge in [0, 0.05) is 25.3 Å². The molecular weight excluding hydrogens is 239 g/mol. The predicted molar refractivity (Wildman–Crippen MR) is 65.7 cm³/mol. The van der Waals surface area contributed by atoms with Gasteiger partial charge in [-0.05, 0) is 31.4 Å². The summed E-state index contributed by atoms with van der Waals surface area (Å²) in [6, 6.07) is 4.08. The van der Waals surface area contributed by atoms with Crippen LogP contribution in [0.15, 0.2) is 18.2 Å². The molecule has 0 bridgehead atoms. The van der Waals surface area contributed by atoms with E-state index in [0.29, 0.717) is 18.5 Å².